The lowest BCUT2D eigenvalue weighted by atomic mass is 10.2. The first-order chi connectivity index (χ1) is 12.4. The fraction of sp³-hybridized carbons (Fsp3) is 0.133. The highest BCUT2D eigenvalue weighted by Crippen LogP contribution is 2.31. The lowest BCUT2D eigenvalue weighted by molar-refractivity contribution is -0.144. The quantitative estimate of drug-likeness (QED) is 0.590. The summed E-state index contributed by atoms with van der Waals surface area (Å²) in [6.45, 7) is 0.314. The number of nitrogens with zero attached hydrogens (tertiary/aromatic N) is 6. The number of fused-ring (bicyclic) bond motifs is 1. The fourth-order valence-electron chi connectivity index (χ4n) is 2.51. The summed E-state index contributed by atoms with van der Waals surface area (Å²) in [5, 5.41) is 11.0. The van der Waals surface area contributed by atoms with Crippen LogP contribution in [0.5, 0.6) is 0 Å². The normalized spacial score (nSPS) is 12.0. The maximum absolute atomic E-state index is 12.8. The van der Waals surface area contributed by atoms with Gasteiger partial charge in [0.1, 0.15) is 12.0 Å². The van der Waals surface area contributed by atoms with E-state index in [9.17, 15) is 13.2 Å². The summed E-state index contributed by atoms with van der Waals surface area (Å²) in [6.07, 6.45) is 0.0339. The Bertz CT molecular complexity index is 1070. The van der Waals surface area contributed by atoms with Crippen LogP contribution < -0.4 is 0 Å². The Hall–Kier alpha value is -3.01. The van der Waals surface area contributed by atoms with Crippen molar-refractivity contribution >= 4 is 22.5 Å². The number of aromatic amines is 1. The molecule has 1 N–H and O–H groups in total. The predicted octanol–water partition coefficient (Wildman–Crippen LogP) is 3.33. The molecule has 26 heavy (non-hydrogen) atoms. The van der Waals surface area contributed by atoms with Crippen molar-refractivity contribution in [3.63, 3.8) is 0 Å². The first kappa shape index (κ1) is 16.5. The van der Waals surface area contributed by atoms with Gasteiger partial charge >= 0.3 is 6.18 Å². The van der Waals surface area contributed by atoms with Crippen LogP contribution in [-0.2, 0) is 12.7 Å². The Morgan fingerprint density at radius 2 is 1.92 bits per heavy atom. The standard InChI is InChI=1S/C15H9ClF3N7/c16-9-1-2-10-11(3-9)26(6-8-4-20-7-21-5-8)25-12(10)13-22-14(24-23-13)15(17,18)19/h1-5,7H,6H2,(H,22,23,24). The van der Waals surface area contributed by atoms with E-state index in [1.165, 1.54) is 6.33 Å². The van der Waals surface area contributed by atoms with E-state index in [1.54, 1.807) is 35.3 Å². The number of H-pyrrole nitrogens is 1. The van der Waals surface area contributed by atoms with E-state index in [2.05, 4.69) is 25.1 Å². The minimum absolute atomic E-state index is 0.146. The van der Waals surface area contributed by atoms with Crippen LogP contribution in [0.4, 0.5) is 13.2 Å². The summed E-state index contributed by atoms with van der Waals surface area (Å²) in [7, 11) is 0. The van der Waals surface area contributed by atoms with Gasteiger partial charge in [-0.3, -0.25) is 9.78 Å². The molecule has 0 saturated heterocycles. The molecule has 0 atom stereocenters. The van der Waals surface area contributed by atoms with E-state index in [0.717, 1.165) is 5.56 Å². The zero-order valence-corrected chi connectivity index (χ0v) is 13.6. The van der Waals surface area contributed by atoms with Crippen LogP contribution in [0.3, 0.4) is 0 Å². The fourth-order valence-corrected chi connectivity index (χ4v) is 2.68. The monoisotopic (exact) mass is 379 g/mol. The first-order valence-electron chi connectivity index (χ1n) is 7.32. The van der Waals surface area contributed by atoms with E-state index in [1.807, 2.05) is 5.10 Å². The van der Waals surface area contributed by atoms with Gasteiger partial charge in [0.25, 0.3) is 0 Å². The van der Waals surface area contributed by atoms with Crippen LogP contribution in [0.1, 0.15) is 11.4 Å². The number of alkyl halides is 3. The van der Waals surface area contributed by atoms with Gasteiger partial charge in [0.05, 0.1) is 12.1 Å². The molecule has 0 fully saturated rings. The maximum Gasteiger partial charge on any atom is 0.451 e. The molecule has 4 aromatic rings. The largest absolute Gasteiger partial charge is 0.451 e. The van der Waals surface area contributed by atoms with Crippen LogP contribution in [0.15, 0.2) is 36.9 Å². The number of hydrogen-bond acceptors (Lipinski definition) is 5. The number of aromatic nitrogens is 7. The first-order valence-corrected chi connectivity index (χ1v) is 7.69. The number of rotatable bonds is 3. The van der Waals surface area contributed by atoms with Crippen LogP contribution in [0.2, 0.25) is 5.02 Å². The van der Waals surface area contributed by atoms with Gasteiger partial charge in [-0.1, -0.05) is 11.6 Å². The van der Waals surface area contributed by atoms with Gasteiger partial charge in [0.15, 0.2) is 0 Å². The van der Waals surface area contributed by atoms with Crippen LogP contribution in [0, 0.1) is 0 Å². The molecule has 11 heteroatoms. The van der Waals surface area contributed by atoms with Crippen molar-refractivity contribution in [2.24, 2.45) is 0 Å². The number of benzene rings is 1. The molecule has 7 nitrogen and oxygen atoms in total. The Kier molecular flexibility index (Phi) is 3.83. The molecular formula is C15H9ClF3N7. The van der Waals surface area contributed by atoms with Crippen molar-refractivity contribution in [3.8, 4) is 11.5 Å². The summed E-state index contributed by atoms with van der Waals surface area (Å²) in [4.78, 5) is 11.4. The molecule has 1 aromatic carbocycles. The lowest BCUT2D eigenvalue weighted by Crippen LogP contribution is -2.07. The van der Waals surface area contributed by atoms with Gasteiger partial charge in [0, 0.05) is 28.4 Å². The van der Waals surface area contributed by atoms with Crippen LogP contribution in [-0.4, -0.2) is 34.9 Å². The second kappa shape index (κ2) is 6.06. The molecule has 0 aliphatic heterocycles. The number of nitrogens with one attached hydrogen (secondary N) is 1. The second-order valence-electron chi connectivity index (χ2n) is 5.42. The predicted molar refractivity (Wildman–Crippen MR) is 86.3 cm³/mol. The van der Waals surface area contributed by atoms with Crippen molar-refractivity contribution in [2.75, 3.05) is 0 Å². The van der Waals surface area contributed by atoms with Gasteiger partial charge in [-0.2, -0.15) is 23.4 Å². The van der Waals surface area contributed by atoms with E-state index in [4.69, 9.17) is 11.6 Å². The van der Waals surface area contributed by atoms with Crippen molar-refractivity contribution in [2.45, 2.75) is 12.7 Å². The number of hydrogen-bond donors (Lipinski definition) is 1. The van der Waals surface area contributed by atoms with E-state index < -0.39 is 12.0 Å². The van der Waals surface area contributed by atoms with Gasteiger partial charge in [-0.15, -0.1) is 0 Å². The third-order valence-electron chi connectivity index (χ3n) is 3.63. The highest BCUT2D eigenvalue weighted by molar-refractivity contribution is 6.31. The average molecular weight is 380 g/mol. The number of halogens is 4. The molecule has 3 heterocycles. The SMILES string of the molecule is FC(F)(F)c1nc(-c2nn(Cc3cncnc3)c3cc(Cl)ccc23)n[nH]1. The maximum atomic E-state index is 12.8. The molecule has 0 aliphatic rings. The van der Waals surface area contributed by atoms with Gasteiger partial charge in [-0.05, 0) is 18.2 Å². The van der Waals surface area contributed by atoms with Crippen molar-refractivity contribution in [1.29, 1.82) is 0 Å². The minimum atomic E-state index is -4.62. The Labute approximate surface area is 148 Å². The van der Waals surface area contributed by atoms with E-state index in [-0.39, 0.29) is 11.5 Å². The summed E-state index contributed by atoms with van der Waals surface area (Å²) in [6, 6.07) is 4.97. The molecule has 0 amide bonds. The van der Waals surface area contributed by atoms with Crippen molar-refractivity contribution < 1.29 is 13.2 Å². The zero-order chi connectivity index (χ0) is 18.3. The molecule has 0 spiro atoms. The smallest absolute Gasteiger partial charge is 0.260 e. The third-order valence-corrected chi connectivity index (χ3v) is 3.86. The van der Waals surface area contributed by atoms with Crippen LogP contribution >= 0.6 is 11.6 Å². The topological polar surface area (TPSA) is 85.2 Å². The Morgan fingerprint density at radius 3 is 2.62 bits per heavy atom. The molecule has 0 saturated carbocycles. The summed E-state index contributed by atoms with van der Waals surface area (Å²) in [5.41, 5.74) is 1.63. The Balaban J connectivity index is 1.84. The molecule has 3 aromatic heterocycles. The molecule has 0 radical (unpaired) electrons. The summed E-state index contributed by atoms with van der Waals surface area (Å²) < 4.78 is 40.0. The lowest BCUT2D eigenvalue weighted by Gasteiger charge is -2.02. The molecule has 4 rings (SSSR count). The highest BCUT2D eigenvalue weighted by atomic mass is 35.5. The zero-order valence-electron chi connectivity index (χ0n) is 12.9. The summed E-state index contributed by atoms with van der Waals surface area (Å²) >= 11 is 6.06. The van der Waals surface area contributed by atoms with E-state index >= 15 is 0 Å². The third kappa shape index (κ3) is 2.99. The molecule has 0 bridgehead atoms. The van der Waals surface area contributed by atoms with Gasteiger partial charge in [-0.25, -0.2) is 15.0 Å². The average Bonchev–Trinajstić information content (AvgIpc) is 3.21. The highest BCUT2D eigenvalue weighted by Gasteiger charge is 2.35. The van der Waals surface area contributed by atoms with E-state index in [0.29, 0.717) is 22.5 Å². The Morgan fingerprint density at radius 1 is 1.15 bits per heavy atom. The van der Waals surface area contributed by atoms with Gasteiger partial charge in [0.2, 0.25) is 11.6 Å². The molecule has 0 unspecified atom stereocenters. The van der Waals surface area contributed by atoms with Crippen LogP contribution in [0.25, 0.3) is 22.4 Å². The molecule has 132 valence electrons. The van der Waals surface area contributed by atoms with Gasteiger partial charge < -0.3 is 0 Å². The van der Waals surface area contributed by atoms with Crippen molar-refractivity contribution in [3.05, 3.63) is 53.3 Å². The molecular weight excluding hydrogens is 371 g/mol. The minimum Gasteiger partial charge on any atom is -0.260 e. The van der Waals surface area contributed by atoms with Crippen molar-refractivity contribution in [1.82, 2.24) is 34.9 Å². The summed E-state index contributed by atoms with van der Waals surface area (Å²) in [5.74, 6) is -1.33. The second-order valence-corrected chi connectivity index (χ2v) is 5.86. The molecule has 0 aliphatic carbocycles.